The molecule has 1 aliphatic heterocycles. The summed E-state index contributed by atoms with van der Waals surface area (Å²) >= 11 is 7.40. The number of fused-ring (bicyclic) bond motifs is 1. The monoisotopic (exact) mass is 387 g/mol. The van der Waals surface area contributed by atoms with Crippen LogP contribution in [0.4, 0.5) is 0 Å². The fourth-order valence-corrected chi connectivity index (χ4v) is 5.01. The van der Waals surface area contributed by atoms with E-state index >= 15 is 0 Å². The predicted molar refractivity (Wildman–Crippen MR) is 99.7 cm³/mol. The van der Waals surface area contributed by atoms with E-state index in [0.717, 1.165) is 10.7 Å². The Morgan fingerprint density at radius 2 is 2.04 bits per heavy atom. The van der Waals surface area contributed by atoms with E-state index in [9.17, 15) is 9.90 Å². The van der Waals surface area contributed by atoms with Crippen LogP contribution in [0.25, 0.3) is 11.1 Å². The smallest absolute Gasteiger partial charge is 0.344 e. The van der Waals surface area contributed by atoms with Crippen LogP contribution in [0.15, 0.2) is 41.3 Å². The zero-order valence-electron chi connectivity index (χ0n) is 14.7. The van der Waals surface area contributed by atoms with Gasteiger partial charge in [0, 0.05) is 12.6 Å². The first-order valence-electron chi connectivity index (χ1n) is 8.34. The fourth-order valence-electron chi connectivity index (χ4n) is 3.97. The highest BCUT2D eigenvalue weighted by molar-refractivity contribution is 7.15. The van der Waals surface area contributed by atoms with E-state index in [1.165, 1.54) is 11.3 Å². The number of hydrogen-bond acceptors (Lipinski definition) is 4. The summed E-state index contributed by atoms with van der Waals surface area (Å²) in [5, 5.41) is 13.4. The summed E-state index contributed by atoms with van der Waals surface area (Å²) < 4.78 is 3.83. The van der Waals surface area contributed by atoms with E-state index < -0.39 is 0 Å². The quantitative estimate of drug-likeness (QED) is 0.635. The molecule has 0 spiro atoms. The topological polar surface area (TPSA) is 61.8 Å². The summed E-state index contributed by atoms with van der Waals surface area (Å²) in [4.78, 5) is 18.1. The summed E-state index contributed by atoms with van der Waals surface area (Å²) in [6, 6.07) is 8.94. The number of hydrogen-bond donors (Lipinski definition) is 0. The number of thiazole rings is 1. The van der Waals surface area contributed by atoms with Gasteiger partial charge in [-0.2, -0.15) is 4.57 Å². The molecule has 4 rings (SSSR count). The number of halogens is 1. The number of nitrogens with zero attached hydrogens (tertiary/aromatic N) is 3. The lowest BCUT2D eigenvalue weighted by Crippen LogP contribution is -2.49. The molecule has 134 valence electrons. The Balaban J connectivity index is 2.05. The van der Waals surface area contributed by atoms with Crippen molar-refractivity contribution in [3.63, 3.8) is 0 Å². The standard InChI is InChI=1S/C19H18ClN3O2S/c1-19(2)9-12(13-10-21-18(20)26-13)23-16(25)14(11-7-5-4-6-8-11)15(24)22(3)17(19)23/h4-8,10,12H,9H2,1-3H3. The first kappa shape index (κ1) is 17.2. The maximum atomic E-state index is 13.4. The minimum absolute atomic E-state index is 0.174. The Bertz CT molecular complexity index is 1060. The Morgan fingerprint density at radius 1 is 1.35 bits per heavy atom. The van der Waals surface area contributed by atoms with Crippen LogP contribution in [-0.4, -0.2) is 9.55 Å². The maximum absolute atomic E-state index is 13.4. The van der Waals surface area contributed by atoms with Crippen molar-refractivity contribution in [2.45, 2.75) is 31.7 Å². The van der Waals surface area contributed by atoms with Gasteiger partial charge in [-0.1, -0.05) is 41.9 Å². The molecule has 0 amide bonds. The lowest BCUT2D eigenvalue weighted by atomic mass is 9.88. The molecule has 0 saturated carbocycles. The molecule has 3 heterocycles. The zero-order valence-corrected chi connectivity index (χ0v) is 16.3. The molecular weight excluding hydrogens is 370 g/mol. The Morgan fingerprint density at radius 3 is 2.65 bits per heavy atom. The fraction of sp³-hybridized carbons (Fsp3) is 0.316. The molecule has 1 unspecified atom stereocenters. The highest BCUT2D eigenvalue weighted by atomic mass is 35.5. The van der Waals surface area contributed by atoms with Crippen LogP contribution in [0.1, 0.15) is 37.0 Å². The van der Waals surface area contributed by atoms with Gasteiger partial charge in [-0.15, -0.1) is 11.3 Å². The molecule has 0 aliphatic carbocycles. The lowest BCUT2D eigenvalue weighted by Gasteiger charge is -2.20. The van der Waals surface area contributed by atoms with E-state index in [1.807, 2.05) is 18.2 Å². The molecule has 26 heavy (non-hydrogen) atoms. The van der Waals surface area contributed by atoms with Crippen LogP contribution in [-0.2, 0) is 12.5 Å². The summed E-state index contributed by atoms with van der Waals surface area (Å²) in [5.41, 5.74) is 0.265. The van der Waals surface area contributed by atoms with Gasteiger partial charge in [0.2, 0.25) is 0 Å². The Hall–Kier alpha value is -2.18. The summed E-state index contributed by atoms with van der Waals surface area (Å²) in [6.07, 6.45) is 2.44. The second-order valence-electron chi connectivity index (χ2n) is 7.22. The Kier molecular flexibility index (Phi) is 3.93. The minimum atomic E-state index is -0.316. The van der Waals surface area contributed by atoms with Crippen molar-refractivity contribution in [3.05, 3.63) is 62.1 Å². The van der Waals surface area contributed by atoms with E-state index in [1.54, 1.807) is 34.5 Å². The second kappa shape index (κ2) is 5.93. The molecule has 1 aromatic carbocycles. The van der Waals surface area contributed by atoms with Gasteiger partial charge in [0.15, 0.2) is 4.47 Å². The molecule has 1 atom stereocenters. The van der Waals surface area contributed by atoms with Gasteiger partial charge in [-0.3, -0.25) is 0 Å². The Labute approximate surface area is 160 Å². The molecule has 5 nitrogen and oxygen atoms in total. The number of aromatic nitrogens is 3. The van der Waals surface area contributed by atoms with Crippen LogP contribution in [0.3, 0.4) is 0 Å². The molecule has 0 radical (unpaired) electrons. The summed E-state index contributed by atoms with van der Waals surface area (Å²) in [5.74, 6) is 0.483. The molecular formula is C19H18ClN3O2S. The highest BCUT2D eigenvalue weighted by Gasteiger charge is 2.48. The van der Waals surface area contributed by atoms with Gasteiger partial charge in [0.05, 0.1) is 23.2 Å². The molecule has 0 bridgehead atoms. The summed E-state index contributed by atoms with van der Waals surface area (Å²) in [7, 11) is 1.74. The van der Waals surface area contributed by atoms with Crippen molar-refractivity contribution in [3.8, 4) is 17.0 Å². The molecule has 0 fully saturated rings. The van der Waals surface area contributed by atoms with Crippen molar-refractivity contribution in [1.82, 2.24) is 9.55 Å². The normalized spacial score (nSPS) is 18.1. The van der Waals surface area contributed by atoms with E-state index in [-0.39, 0.29) is 28.5 Å². The molecule has 3 aromatic rings. The second-order valence-corrected chi connectivity index (χ2v) is 8.87. The van der Waals surface area contributed by atoms with Gasteiger partial charge in [0.1, 0.15) is 11.6 Å². The van der Waals surface area contributed by atoms with Crippen LogP contribution < -0.4 is 15.2 Å². The molecule has 0 saturated heterocycles. The largest absolute Gasteiger partial charge is 0.842 e. The molecule has 7 heteroatoms. The molecule has 1 aliphatic rings. The van der Waals surface area contributed by atoms with Crippen LogP contribution in [0, 0.1) is 0 Å². The highest BCUT2D eigenvalue weighted by Crippen LogP contribution is 2.42. The zero-order chi connectivity index (χ0) is 18.6. The third kappa shape index (κ3) is 2.47. The molecule has 0 N–H and O–H groups in total. The van der Waals surface area contributed by atoms with Gasteiger partial charge in [-0.05, 0) is 19.4 Å². The van der Waals surface area contributed by atoms with Crippen LogP contribution in [0.2, 0.25) is 4.47 Å². The number of benzene rings is 1. The van der Waals surface area contributed by atoms with Crippen molar-refractivity contribution >= 4 is 22.9 Å². The van der Waals surface area contributed by atoms with E-state index in [2.05, 4.69) is 18.8 Å². The first-order valence-corrected chi connectivity index (χ1v) is 9.53. The van der Waals surface area contributed by atoms with Gasteiger partial charge < -0.3 is 5.11 Å². The third-order valence-corrected chi connectivity index (χ3v) is 6.22. The van der Waals surface area contributed by atoms with Gasteiger partial charge >= 0.3 is 5.56 Å². The summed E-state index contributed by atoms with van der Waals surface area (Å²) in [6.45, 7) is 4.12. The first-order chi connectivity index (χ1) is 12.3. The van der Waals surface area contributed by atoms with Crippen molar-refractivity contribution in [2.75, 3.05) is 0 Å². The van der Waals surface area contributed by atoms with Gasteiger partial charge in [-0.25, -0.2) is 14.3 Å². The van der Waals surface area contributed by atoms with Crippen molar-refractivity contribution < 1.29 is 9.67 Å². The van der Waals surface area contributed by atoms with E-state index in [0.29, 0.717) is 16.5 Å². The molecule has 2 aromatic heterocycles. The SMILES string of the molecule is Cn1c2[n+](c([O-])c(-c3ccccc3)c1=O)C(c1cnc(Cl)s1)CC2(C)C. The predicted octanol–water partition coefficient (Wildman–Crippen LogP) is 2.79. The van der Waals surface area contributed by atoms with Crippen LogP contribution >= 0.6 is 22.9 Å². The average Bonchev–Trinajstić information content (AvgIpc) is 3.14. The lowest BCUT2D eigenvalue weighted by molar-refractivity contribution is -0.747. The average molecular weight is 388 g/mol. The third-order valence-electron chi connectivity index (χ3n) is 5.00. The van der Waals surface area contributed by atoms with E-state index in [4.69, 9.17) is 11.6 Å². The maximum Gasteiger partial charge on any atom is 0.344 e. The van der Waals surface area contributed by atoms with Crippen molar-refractivity contribution in [1.29, 1.82) is 0 Å². The number of rotatable bonds is 2. The van der Waals surface area contributed by atoms with Crippen molar-refractivity contribution in [2.24, 2.45) is 7.05 Å². The van der Waals surface area contributed by atoms with Gasteiger partial charge in [0.25, 0.3) is 5.82 Å². The minimum Gasteiger partial charge on any atom is -0.842 e. The van der Waals surface area contributed by atoms with Crippen LogP contribution in [0.5, 0.6) is 5.88 Å².